The highest BCUT2D eigenvalue weighted by Crippen LogP contribution is 2.44. The maximum Gasteiger partial charge on any atom is 0.124 e. The molecule has 0 aliphatic rings. The van der Waals surface area contributed by atoms with Gasteiger partial charge in [-0.25, -0.2) is 4.98 Å². The van der Waals surface area contributed by atoms with Crippen molar-refractivity contribution in [3.63, 3.8) is 0 Å². The van der Waals surface area contributed by atoms with Gasteiger partial charge in [0.1, 0.15) is 5.01 Å². The predicted octanol–water partition coefficient (Wildman–Crippen LogP) is 15.4. The molecule has 0 saturated carbocycles. The zero-order valence-corrected chi connectivity index (χ0v) is 31.3. The van der Waals surface area contributed by atoms with E-state index in [9.17, 15) is 0 Å². The number of fused-ring (bicyclic) bond motifs is 8. The van der Waals surface area contributed by atoms with Gasteiger partial charge in [0.25, 0.3) is 0 Å². The van der Waals surface area contributed by atoms with Crippen LogP contribution in [0.5, 0.6) is 0 Å². The number of thiazole rings is 1. The van der Waals surface area contributed by atoms with Crippen molar-refractivity contribution in [2.45, 2.75) is 0 Å². The molecular weight excluding hydrogens is 705 g/mol. The van der Waals surface area contributed by atoms with Gasteiger partial charge in [0.2, 0.25) is 0 Å². The minimum atomic E-state index is 1.07. The predicted molar refractivity (Wildman–Crippen MR) is 239 cm³/mol. The zero-order valence-electron chi connectivity index (χ0n) is 29.7. The van der Waals surface area contributed by atoms with E-state index in [0.717, 1.165) is 27.6 Å². The number of rotatable bonds is 6. The first-order valence-electron chi connectivity index (χ1n) is 18.5. The van der Waals surface area contributed by atoms with Crippen molar-refractivity contribution in [1.82, 2.24) is 4.98 Å². The summed E-state index contributed by atoms with van der Waals surface area (Å²) in [4.78, 5) is 7.35. The first-order chi connectivity index (χ1) is 27.2. The van der Waals surface area contributed by atoms with Crippen molar-refractivity contribution in [2.24, 2.45) is 0 Å². The van der Waals surface area contributed by atoms with E-state index in [4.69, 9.17) is 4.98 Å². The van der Waals surface area contributed by atoms with Crippen LogP contribution in [-0.2, 0) is 0 Å². The van der Waals surface area contributed by atoms with Gasteiger partial charge in [-0.1, -0.05) is 133 Å². The van der Waals surface area contributed by atoms with E-state index in [1.165, 1.54) is 74.2 Å². The highest BCUT2D eigenvalue weighted by molar-refractivity contribution is 7.28. The van der Waals surface area contributed by atoms with Crippen molar-refractivity contribution in [2.75, 3.05) is 4.90 Å². The van der Waals surface area contributed by atoms with Crippen LogP contribution in [-0.4, -0.2) is 4.98 Å². The largest absolute Gasteiger partial charge is 0.311 e. The summed E-state index contributed by atoms with van der Waals surface area (Å²) >= 11 is 3.66. The van der Waals surface area contributed by atoms with E-state index in [1.54, 1.807) is 11.3 Å². The number of hydrogen-bond acceptors (Lipinski definition) is 4. The van der Waals surface area contributed by atoms with Crippen LogP contribution >= 0.6 is 22.7 Å². The SMILES string of the molecule is c1ccc(-c2nc3ccc4sc5cc(-c6ccc(N(c7ccccc7)c7ccc(-c8cc9ccccc9c9ccccc89)cc7)cc6)ccc5c4c3s2)cc1. The van der Waals surface area contributed by atoms with Crippen LogP contribution in [0.15, 0.2) is 194 Å². The van der Waals surface area contributed by atoms with Gasteiger partial charge in [-0.2, -0.15) is 0 Å². The smallest absolute Gasteiger partial charge is 0.124 e. The molecule has 4 heteroatoms. The van der Waals surface area contributed by atoms with Crippen LogP contribution in [0.4, 0.5) is 17.1 Å². The Kier molecular flexibility index (Phi) is 7.58. The molecule has 258 valence electrons. The number of aromatic nitrogens is 1. The van der Waals surface area contributed by atoms with Crippen LogP contribution in [0.3, 0.4) is 0 Å². The van der Waals surface area contributed by atoms with E-state index in [-0.39, 0.29) is 0 Å². The second-order valence-electron chi connectivity index (χ2n) is 13.9. The third kappa shape index (κ3) is 5.49. The highest BCUT2D eigenvalue weighted by Gasteiger charge is 2.17. The maximum absolute atomic E-state index is 5.01. The summed E-state index contributed by atoms with van der Waals surface area (Å²) in [5.41, 5.74) is 10.5. The van der Waals surface area contributed by atoms with Gasteiger partial charge >= 0.3 is 0 Å². The normalized spacial score (nSPS) is 11.6. The molecule has 0 atom stereocenters. The molecule has 2 heterocycles. The van der Waals surface area contributed by atoms with Crippen LogP contribution in [0.25, 0.3) is 84.8 Å². The number of anilines is 3. The van der Waals surface area contributed by atoms with Gasteiger partial charge in [0.05, 0.1) is 10.2 Å². The van der Waals surface area contributed by atoms with Gasteiger partial charge in [0, 0.05) is 42.8 Å². The second kappa shape index (κ2) is 13.1. The molecule has 0 bridgehead atoms. The lowest BCUT2D eigenvalue weighted by Crippen LogP contribution is -2.09. The molecule has 2 nitrogen and oxygen atoms in total. The van der Waals surface area contributed by atoms with Crippen LogP contribution in [0.1, 0.15) is 0 Å². The van der Waals surface area contributed by atoms with E-state index in [2.05, 4.69) is 199 Å². The summed E-state index contributed by atoms with van der Waals surface area (Å²) in [6.45, 7) is 0. The molecule has 2 aromatic heterocycles. The van der Waals surface area contributed by atoms with Gasteiger partial charge in [-0.05, 0) is 104 Å². The Morgan fingerprint density at radius 2 is 1.00 bits per heavy atom. The third-order valence-corrected chi connectivity index (χ3v) is 12.9. The number of benzene rings is 9. The Balaban J connectivity index is 0.944. The molecule has 0 aliphatic carbocycles. The Labute approximate surface area is 326 Å². The average Bonchev–Trinajstić information content (AvgIpc) is 3.86. The van der Waals surface area contributed by atoms with Crippen LogP contribution in [0.2, 0.25) is 0 Å². The molecule has 0 aliphatic heterocycles. The van der Waals surface area contributed by atoms with Gasteiger partial charge < -0.3 is 4.90 Å². The molecule has 0 fully saturated rings. The minimum Gasteiger partial charge on any atom is -0.311 e. The lowest BCUT2D eigenvalue weighted by molar-refractivity contribution is 1.28. The lowest BCUT2D eigenvalue weighted by atomic mass is 9.93. The van der Waals surface area contributed by atoms with Gasteiger partial charge in [-0.15, -0.1) is 22.7 Å². The monoisotopic (exact) mass is 736 g/mol. The standard InChI is InChI=1S/C51H32N2S2/c1-3-11-35(12-4-1)51-52-46-29-30-47-49(50(46)55-51)44-28-23-36(32-48(44)54-47)33-19-24-39(25-20-33)53(38-14-5-2-6-15-38)40-26-21-34(22-27-40)45-31-37-13-7-8-16-41(37)42-17-9-10-18-43(42)45/h1-32H. The van der Waals surface area contributed by atoms with Crippen molar-refractivity contribution < 1.29 is 0 Å². The number of hydrogen-bond donors (Lipinski definition) is 0. The number of thiophene rings is 1. The summed E-state index contributed by atoms with van der Waals surface area (Å²) in [6, 6.07) is 70.2. The third-order valence-electron chi connectivity index (χ3n) is 10.7. The molecule has 0 radical (unpaired) electrons. The molecule has 0 saturated heterocycles. The molecule has 0 unspecified atom stereocenters. The Hall–Kier alpha value is -6.59. The number of nitrogens with zero attached hydrogens (tertiary/aromatic N) is 2. The average molecular weight is 737 g/mol. The summed E-state index contributed by atoms with van der Waals surface area (Å²) in [7, 11) is 0. The van der Waals surface area contributed by atoms with Crippen molar-refractivity contribution >= 4 is 91.7 Å². The van der Waals surface area contributed by atoms with Crippen LogP contribution < -0.4 is 4.90 Å². The van der Waals surface area contributed by atoms with E-state index >= 15 is 0 Å². The van der Waals surface area contributed by atoms with E-state index < -0.39 is 0 Å². The maximum atomic E-state index is 5.01. The van der Waals surface area contributed by atoms with E-state index in [0.29, 0.717) is 0 Å². The first kappa shape index (κ1) is 31.9. The summed E-state index contributed by atoms with van der Waals surface area (Å²) in [5, 5.41) is 8.78. The summed E-state index contributed by atoms with van der Waals surface area (Å²) in [6.07, 6.45) is 0. The fourth-order valence-electron chi connectivity index (χ4n) is 8.04. The number of para-hydroxylation sites is 1. The molecule has 55 heavy (non-hydrogen) atoms. The minimum absolute atomic E-state index is 1.07. The molecule has 0 N–H and O–H groups in total. The molecular formula is C51H32N2S2. The van der Waals surface area contributed by atoms with Gasteiger partial charge in [0.15, 0.2) is 0 Å². The topological polar surface area (TPSA) is 16.1 Å². The summed E-state index contributed by atoms with van der Waals surface area (Å²) < 4.78 is 3.86. The van der Waals surface area contributed by atoms with E-state index in [1.807, 2.05) is 11.3 Å². The zero-order chi connectivity index (χ0) is 36.3. The quantitative estimate of drug-likeness (QED) is 0.158. The molecule has 0 amide bonds. The second-order valence-corrected chi connectivity index (χ2v) is 16.0. The lowest BCUT2D eigenvalue weighted by Gasteiger charge is -2.26. The molecule has 11 aromatic rings. The molecule has 0 spiro atoms. The van der Waals surface area contributed by atoms with Crippen molar-refractivity contribution in [1.29, 1.82) is 0 Å². The molecule has 9 aromatic carbocycles. The summed E-state index contributed by atoms with van der Waals surface area (Å²) in [5.74, 6) is 0. The highest BCUT2D eigenvalue weighted by atomic mass is 32.1. The first-order valence-corrected chi connectivity index (χ1v) is 20.2. The Bertz CT molecular complexity index is 3180. The Morgan fingerprint density at radius 1 is 0.382 bits per heavy atom. The molecule has 11 rings (SSSR count). The Morgan fingerprint density at radius 3 is 1.76 bits per heavy atom. The fourth-order valence-corrected chi connectivity index (χ4v) is 10.4. The van der Waals surface area contributed by atoms with Crippen LogP contribution in [0, 0.1) is 0 Å². The van der Waals surface area contributed by atoms with Crippen molar-refractivity contribution in [3.8, 4) is 32.8 Å². The van der Waals surface area contributed by atoms with Crippen molar-refractivity contribution in [3.05, 3.63) is 194 Å². The fraction of sp³-hybridized carbons (Fsp3) is 0. The van der Waals surface area contributed by atoms with Gasteiger partial charge in [-0.3, -0.25) is 0 Å².